The van der Waals surface area contributed by atoms with Gasteiger partial charge in [0.2, 0.25) is 0 Å². The average Bonchev–Trinajstić information content (AvgIpc) is 2.76. The van der Waals surface area contributed by atoms with E-state index >= 15 is 0 Å². The lowest BCUT2D eigenvalue weighted by Gasteiger charge is -2.08. The SMILES string of the molecule is COC(=O)c1cc(NCC2C(C)(C)C2(C)C)ccn1. The number of nitrogens with zero attached hydrogens (tertiary/aromatic N) is 1. The first kappa shape index (κ1) is 13.8. The van der Waals surface area contributed by atoms with Crippen LogP contribution in [0.3, 0.4) is 0 Å². The lowest BCUT2D eigenvalue weighted by atomic mass is 10.0. The molecule has 0 aliphatic heterocycles. The van der Waals surface area contributed by atoms with Crippen molar-refractivity contribution in [3.05, 3.63) is 24.0 Å². The summed E-state index contributed by atoms with van der Waals surface area (Å²) in [4.78, 5) is 15.4. The highest BCUT2D eigenvalue weighted by Crippen LogP contribution is 2.68. The number of carbonyl (C=O) groups is 1. The van der Waals surface area contributed by atoms with E-state index in [0.29, 0.717) is 22.4 Å². The maximum absolute atomic E-state index is 11.4. The third-order valence-corrected chi connectivity index (χ3v) is 4.98. The Kier molecular flexibility index (Phi) is 3.29. The molecule has 0 radical (unpaired) electrons. The van der Waals surface area contributed by atoms with Crippen molar-refractivity contribution in [1.82, 2.24) is 4.98 Å². The van der Waals surface area contributed by atoms with Crippen LogP contribution in [-0.2, 0) is 4.74 Å². The zero-order valence-corrected chi connectivity index (χ0v) is 12.3. The standard InChI is InChI=1S/C15H22N2O2/c1-14(2)12(15(14,3)4)9-17-10-6-7-16-11(8-10)13(18)19-5/h6-8,12H,9H2,1-5H3,(H,16,17). The topological polar surface area (TPSA) is 51.2 Å². The molecule has 0 unspecified atom stereocenters. The van der Waals surface area contributed by atoms with Crippen LogP contribution >= 0.6 is 0 Å². The Morgan fingerprint density at radius 3 is 2.53 bits per heavy atom. The monoisotopic (exact) mass is 262 g/mol. The molecule has 19 heavy (non-hydrogen) atoms. The normalized spacial score (nSPS) is 19.8. The third-order valence-electron chi connectivity index (χ3n) is 4.98. The van der Waals surface area contributed by atoms with Gasteiger partial charge in [0.1, 0.15) is 5.69 Å². The Bertz CT molecular complexity index is 481. The molecule has 1 saturated carbocycles. The van der Waals surface area contributed by atoms with Gasteiger partial charge in [0, 0.05) is 18.4 Å². The zero-order chi connectivity index (χ0) is 14.3. The molecule has 1 N–H and O–H groups in total. The molecule has 4 nitrogen and oxygen atoms in total. The number of hydrogen-bond donors (Lipinski definition) is 1. The maximum atomic E-state index is 11.4. The molecule has 1 aromatic heterocycles. The van der Waals surface area contributed by atoms with Gasteiger partial charge in [0.05, 0.1) is 7.11 Å². The Balaban J connectivity index is 2.00. The van der Waals surface area contributed by atoms with Crippen molar-refractivity contribution in [1.29, 1.82) is 0 Å². The van der Waals surface area contributed by atoms with Crippen LogP contribution in [0.25, 0.3) is 0 Å². The number of anilines is 1. The van der Waals surface area contributed by atoms with Crippen LogP contribution in [0.2, 0.25) is 0 Å². The minimum atomic E-state index is -0.407. The number of esters is 1. The van der Waals surface area contributed by atoms with E-state index in [9.17, 15) is 4.79 Å². The van der Waals surface area contributed by atoms with Gasteiger partial charge in [-0.05, 0) is 28.9 Å². The highest BCUT2D eigenvalue weighted by atomic mass is 16.5. The number of carbonyl (C=O) groups excluding carboxylic acids is 1. The van der Waals surface area contributed by atoms with Gasteiger partial charge in [-0.2, -0.15) is 0 Å². The van der Waals surface area contributed by atoms with Crippen molar-refractivity contribution < 1.29 is 9.53 Å². The molecule has 0 bridgehead atoms. The van der Waals surface area contributed by atoms with E-state index in [1.807, 2.05) is 6.07 Å². The van der Waals surface area contributed by atoms with Crippen LogP contribution in [0.15, 0.2) is 18.3 Å². The summed E-state index contributed by atoms with van der Waals surface area (Å²) in [7, 11) is 1.36. The number of rotatable bonds is 4. The van der Waals surface area contributed by atoms with Gasteiger partial charge in [0.15, 0.2) is 0 Å². The molecular formula is C15H22N2O2. The fourth-order valence-corrected chi connectivity index (χ4v) is 2.82. The van der Waals surface area contributed by atoms with E-state index in [0.717, 1.165) is 12.2 Å². The fourth-order valence-electron chi connectivity index (χ4n) is 2.82. The first-order valence-electron chi connectivity index (χ1n) is 6.59. The van der Waals surface area contributed by atoms with E-state index in [4.69, 9.17) is 0 Å². The van der Waals surface area contributed by atoms with Gasteiger partial charge in [-0.25, -0.2) is 9.78 Å². The fraction of sp³-hybridized carbons (Fsp3) is 0.600. The smallest absolute Gasteiger partial charge is 0.356 e. The minimum absolute atomic E-state index is 0.335. The van der Waals surface area contributed by atoms with E-state index in [1.165, 1.54) is 7.11 Å². The average molecular weight is 262 g/mol. The maximum Gasteiger partial charge on any atom is 0.356 e. The largest absolute Gasteiger partial charge is 0.464 e. The summed E-state index contributed by atoms with van der Waals surface area (Å²) in [5.41, 5.74) is 1.96. The van der Waals surface area contributed by atoms with Crippen molar-refractivity contribution in [2.45, 2.75) is 27.7 Å². The van der Waals surface area contributed by atoms with Crippen molar-refractivity contribution in [3.8, 4) is 0 Å². The van der Waals surface area contributed by atoms with Gasteiger partial charge in [-0.3, -0.25) is 0 Å². The lowest BCUT2D eigenvalue weighted by Crippen LogP contribution is -2.10. The molecule has 104 valence electrons. The number of aromatic nitrogens is 1. The van der Waals surface area contributed by atoms with Gasteiger partial charge in [-0.15, -0.1) is 0 Å². The Hall–Kier alpha value is -1.58. The predicted octanol–water partition coefficient (Wildman–Crippen LogP) is 2.96. The van der Waals surface area contributed by atoms with Gasteiger partial charge in [0.25, 0.3) is 0 Å². The van der Waals surface area contributed by atoms with Crippen LogP contribution < -0.4 is 5.32 Å². The van der Waals surface area contributed by atoms with Crippen LogP contribution in [-0.4, -0.2) is 24.6 Å². The molecule has 1 aliphatic carbocycles. The molecule has 4 heteroatoms. The zero-order valence-electron chi connectivity index (χ0n) is 12.3. The summed E-state index contributed by atoms with van der Waals surface area (Å²) in [6, 6.07) is 3.60. The van der Waals surface area contributed by atoms with Crippen LogP contribution in [0.5, 0.6) is 0 Å². The van der Waals surface area contributed by atoms with E-state index in [-0.39, 0.29) is 0 Å². The highest BCUT2D eigenvalue weighted by molar-refractivity contribution is 5.88. The summed E-state index contributed by atoms with van der Waals surface area (Å²) in [5, 5.41) is 3.39. The lowest BCUT2D eigenvalue weighted by molar-refractivity contribution is 0.0594. The third kappa shape index (κ3) is 2.31. The van der Waals surface area contributed by atoms with Crippen molar-refractivity contribution in [3.63, 3.8) is 0 Å². The molecule has 0 amide bonds. The van der Waals surface area contributed by atoms with Crippen LogP contribution in [0.4, 0.5) is 5.69 Å². The Morgan fingerprint density at radius 1 is 1.37 bits per heavy atom. The van der Waals surface area contributed by atoms with Gasteiger partial charge in [-0.1, -0.05) is 27.7 Å². The number of hydrogen-bond acceptors (Lipinski definition) is 4. The summed E-state index contributed by atoms with van der Waals surface area (Å²) in [5.74, 6) is 0.227. The molecule has 0 aromatic carbocycles. The predicted molar refractivity (Wildman–Crippen MR) is 75.1 cm³/mol. The second kappa shape index (κ2) is 4.51. The molecule has 2 rings (SSSR count). The Labute approximate surface area is 114 Å². The summed E-state index contributed by atoms with van der Waals surface area (Å²) < 4.78 is 4.67. The van der Waals surface area contributed by atoms with E-state index < -0.39 is 5.97 Å². The molecule has 1 aliphatic rings. The van der Waals surface area contributed by atoms with Gasteiger partial charge < -0.3 is 10.1 Å². The summed E-state index contributed by atoms with van der Waals surface area (Å²) in [6.45, 7) is 10.1. The number of methoxy groups -OCH3 is 1. The van der Waals surface area contributed by atoms with E-state index in [1.54, 1.807) is 12.3 Å². The van der Waals surface area contributed by atoms with E-state index in [2.05, 4.69) is 42.7 Å². The Morgan fingerprint density at radius 2 is 2.00 bits per heavy atom. The van der Waals surface area contributed by atoms with Crippen molar-refractivity contribution >= 4 is 11.7 Å². The molecule has 1 heterocycles. The number of pyridine rings is 1. The van der Waals surface area contributed by atoms with Crippen molar-refractivity contribution in [2.75, 3.05) is 19.0 Å². The second-order valence-corrected chi connectivity index (χ2v) is 6.30. The van der Waals surface area contributed by atoms with Crippen LogP contribution in [0, 0.1) is 16.7 Å². The first-order valence-corrected chi connectivity index (χ1v) is 6.59. The van der Waals surface area contributed by atoms with Crippen LogP contribution in [0.1, 0.15) is 38.2 Å². The minimum Gasteiger partial charge on any atom is -0.464 e. The molecule has 0 saturated heterocycles. The molecular weight excluding hydrogens is 240 g/mol. The van der Waals surface area contributed by atoms with Gasteiger partial charge >= 0.3 is 5.97 Å². The van der Waals surface area contributed by atoms with Crippen molar-refractivity contribution in [2.24, 2.45) is 16.7 Å². The summed E-state index contributed by atoms with van der Waals surface area (Å²) in [6.07, 6.45) is 1.62. The molecule has 1 aromatic rings. The highest BCUT2D eigenvalue weighted by Gasteiger charge is 2.63. The molecule has 0 atom stereocenters. The molecule has 1 fully saturated rings. The first-order chi connectivity index (χ1) is 8.80. The summed E-state index contributed by atoms with van der Waals surface area (Å²) >= 11 is 0. The number of nitrogens with one attached hydrogen (secondary N) is 1. The quantitative estimate of drug-likeness (QED) is 0.848. The number of ether oxygens (including phenoxy) is 1. The molecule has 0 spiro atoms. The second-order valence-electron chi connectivity index (χ2n) is 6.30.